The van der Waals surface area contributed by atoms with Gasteiger partial charge in [-0.25, -0.2) is 0 Å². The van der Waals surface area contributed by atoms with E-state index in [0.717, 1.165) is 0 Å². The van der Waals surface area contributed by atoms with Crippen molar-refractivity contribution in [2.75, 3.05) is 0 Å². The van der Waals surface area contributed by atoms with Crippen molar-refractivity contribution in [3.05, 3.63) is 4.91 Å². The first kappa shape index (κ1) is 12.2. The van der Waals surface area contributed by atoms with Crippen LogP contribution in [0.3, 0.4) is 0 Å². The molecule has 2 N–H and O–H groups in total. The quantitative estimate of drug-likeness (QED) is 0.567. The van der Waals surface area contributed by atoms with Gasteiger partial charge in [-0.05, 0) is 27.7 Å². The fraction of sp³-hybridized carbons (Fsp3) is 0.889. The minimum atomic E-state index is -0.0150. The molecule has 76 valence electrons. The molecular weight excluding hydrogens is 168 g/mol. The van der Waals surface area contributed by atoms with Gasteiger partial charge in [0.2, 0.25) is 0 Å². The first-order valence-corrected chi connectivity index (χ1v) is 4.32. The molecule has 13 heavy (non-hydrogen) atoms. The van der Waals surface area contributed by atoms with Gasteiger partial charge < -0.3 is 5.32 Å². The normalized spacial score (nSPS) is 24.5. The molecule has 0 atom stereocenters. The summed E-state index contributed by atoms with van der Waals surface area (Å²) >= 11 is 0. The highest BCUT2D eigenvalue weighted by atomic mass is 16.2. The molecule has 1 heterocycles. The Hall–Kier alpha value is -0.770. The lowest BCUT2D eigenvalue weighted by Gasteiger charge is -2.41. The van der Waals surface area contributed by atoms with Gasteiger partial charge in [-0.2, -0.15) is 4.91 Å². The second kappa shape index (κ2) is 3.96. The number of carbonyl (C=O) groups is 1. The van der Waals surface area contributed by atoms with Crippen LogP contribution in [0, 0.1) is 10.5 Å². The maximum Gasteiger partial charge on any atom is 0.136 e. The van der Waals surface area contributed by atoms with Gasteiger partial charge in [0.25, 0.3) is 0 Å². The highest BCUT2D eigenvalue weighted by Crippen LogP contribution is 2.25. The van der Waals surface area contributed by atoms with Crippen molar-refractivity contribution >= 4 is 5.78 Å². The van der Waals surface area contributed by atoms with Gasteiger partial charge in [0.15, 0.2) is 0 Å². The summed E-state index contributed by atoms with van der Waals surface area (Å²) in [6.45, 7) is 8.30. The van der Waals surface area contributed by atoms with Gasteiger partial charge in [0.05, 0.1) is 0 Å². The maximum atomic E-state index is 11.3. The van der Waals surface area contributed by atoms with Gasteiger partial charge in [-0.3, -0.25) is 4.79 Å². The molecule has 1 fully saturated rings. The number of ketones is 1. The Balaban J connectivity index is 0.000000671. The van der Waals surface area contributed by atoms with E-state index in [2.05, 4.69) is 38.6 Å². The average molecular weight is 186 g/mol. The molecule has 0 aromatic heterocycles. The zero-order chi connectivity index (χ0) is 10.7. The molecule has 0 spiro atoms. The summed E-state index contributed by atoms with van der Waals surface area (Å²) in [4.78, 5) is 18.8. The van der Waals surface area contributed by atoms with Crippen molar-refractivity contribution in [3.63, 3.8) is 0 Å². The lowest BCUT2D eigenvalue weighted by atomic mass is 9.82. The molecule has 0 saturated carbocycles. The van der Waals surface area contributed by atoms with E-state index in [1.807, 2.05) is 0 Å². The lowest BCUT2D eigenvalue weighted by Crippen LogP contribution is -2.58. The molecule has 4 heteroatoms. The third-order valence-electron chi connectivity index (χ3n) is 1.95. The van der Waals surface area contributed by atoms with Gasteiger partial charge in [-0.1, -0.05) is 5.59 Å². The van der Waals surface area contributed by atoms with Gasteiger partial charge in [-0.15, -0.1) is 0 Å². The molecule has 0 aromatic rings. The van der Waals surface area contributed by atoms with Crippen LogP contribution in [0.5, 0.6) is 0 Å². The fourth-order valence-electron chi connectivity index (χ4n) is 2.05. The van der Waals surface area contributed by atoms with Crippen LogP contribution in [0.1, 0.15) is 40.5 Å². The van der Waals surface area contributed by atoms with Crippen LogP contribution < -0.4 is 5.32 Å². The van der Waals surface area contributed by atoms with Crippen LogP contribution in [0.25, 0.3) is 0 Å². The summed E-state index contributed by atoms with van der Waals surface area (Å²) in [5.74, 6) is 0.374. The van der Waals surface area contributed by atoms with Crippen LogP contribution in [-0.2, 0) is 4.79 Å². The summed E-state index contributed by atoms with van der Waals surface area (Å²) in [7, 11) is 0. The van der Waals surface area contributed by atoms with E-state index in [1.54, 1.807) is 0 Å². The molecule has 0 amide bonds. The Kier molecular flexibility index (Phi) is 3.72. The Labute approximate surface area is 78.9 Å². The number of Topliss-reactive ketones (excluding diaryl/α,β-unsaturated/α-hetero) is 1. The van der Waals surface area contributed by atoms with E-state index < -0.39 is 0 Å². The zero-order valence-corrected chi connectivity index (χ0v) is 8.73. The maximum absolute atomic E-state index is 11.3. The molecule has 1 rings (SSSR count). The van der Waals surface area contributed by atoms with E-state index in [9.17, 15) is 4.79 Å². The smallest absolute Gasteiger partial charge is 0.136 e. The van der Waals surface area contributed by atoms with E-state index in [4.69, 9.17) is 4.91 Å². The van der Waals surface area contributed by atoms with Crippen LogP contribution in [0.2, 0.25) is 0 Å². The lowest BCUT2D eigenvalue weighted by molar-refractivity contribution is -0.124. The molecule has 0 aliphatic carbocycles. The van der Waals surface area contributed by atoms with Crippen LogP contribution in [-0.4, -0.2) is 16.9 Å². The largest absolute Gasteiger partial charge is 0.306 e. The van der Waals surface area contributed by atoms with Crippen LogP contribution in [0.4, 0.5) is 0 Å². The minimum absolute atomic E-state index is 0.0150. The van der Waals surface area contributed by atoms with Crippen molar-refractivity contribution in [1.82, 2.24) is 5.32 Å². The number of carbonyl (C=O) groups excluding carboxylic acids is 1. The summed E-state index contributed by atoms with van der Waals surface area (Å²) < 4.78 is 0. The van der Waals surface area contributed by atoms with Crippen molar-refractivity contribution < 1.29 is 4.79 Å². The van der Waals surface area contributed by atoms with Crippen molar-refractivity contribution in [2.24, 2.45) is 0 Å². The number of nitroso groups, excluding NO2 is 1. The Bertz CT molecular complexity index is 182. The Morgan fingerprint density at radius 2 is 1.38 bits per heavy atom. The molecule has 0 aromatic carbocycles. The van der Waals surface area contributed by atoms with Crippen molar-refractivity contribution in [3.8, 4) is 0 Å². The molecule has 1 aliphatic rings. The number of rotatable bonds is 0. The van der Waals surface area contributed by atoms with Crippen molar-refractivity contribution in [1.29, 1.82) is 5.59 Å². The highest BCUT2D eigenvalue weighted by Gasteiger charge is 2.36. The number of nitrogens with one attached hydrogen (secondary N) is 2. The summed E-state index contributed by atoms with van der Waals surface area (Å²) in [6.07, 6.45) is 1.33. The standard InChI is InChI=1S/C9H17NO.HNO/c1-8(2)5-7(11)6-9(3,4)10-8;1-2/h10H,5-6H2,1-4H3;1H. The van der Waals surface area contributed by atoms with E-state index >= 15 is 0 Å². The predicted octanol–water partition coefficient (Wildman–Crippen LogP) is 1.83. The van der Waals surface area contributed by atoms with Crippen LogP contribution in [0.15, 0.2) is 0 Å². The van der Waals surface area contributed by atoms with E-state index in [-0.39, 0.29) is 11.1 Å². The Morgan fingerprint density at radius 3 is 1.62 bits per heavy atom. The first-order valence-electron chi connectivity index (χ1n) is 4.32. The number of hydrogen-bond donors (Lipinski definition) is 2. The Morgan fingerprint density at radius 1 is 1.08 bits per heavy atom. The molecule has 1 aliphatic heterocycles. The highest BCUT2D eigenvalue weighted by molar-refractivity contribution is 5.81. The second-order valence-corrected chi connectivity index (χ2v) is 4.78. The van der Waals surface area contributed by atoms with Gasteiger partial charge in [0.1, 0.15) is 5.78 Å². The SMILES string of the molecule is CC1(C)CC(=O)CC(C)(C)N1.N=O. The summed E-state index contributed by atoms with van der Waals surface area (Å²) in [5.41, 5.74) is 4.47. The molecule has 0 bridgehead atoms. The molecule has 0 unspecified atom stereocenters. The topological polar surface area (TPSA) is 70.0 Å². The minimum Gasteiger partial charge on any atom is -0.306 e. The molecule has 4 nitrogen and oxygen atoms in total. The zero-order valence-electron chi connectivity index (χ0n) is 8.73. The summed E-state index contributed by atoms with van der Waals surface area (Å²) in [5, 5.41) is 3.44. The van der Waals surface area contributed by atoms with Gasteiger partial charge >= 0.3 is 0 Å². The molecule has 1 saturated heterocycles. The third-order valence-corrected chi connectivity index (χ3v) is 1.95. The van der Waals surface area contributed by atoms with E-state index in [0.29, 0.717) is 18.6 Å². The van der Waals surface area contributed by atoms with E-state index in [1.165, 1.54) is 0 Å². The monoisotopic (exact) mass is 186 g/mol. The number of piperidine rings is 1. The van der Waals surface area contributed by atoms with Gasteiger partial charge in [0, 0.05) is 23.9 Å². The fourth-order valence-corrected chi connectivity index (χ4v) is 2.05. The van der Waals surface area contributed by atoms with Crippen molar-refractivity contribution in [2.45, 2.75) is 51.6 Å². The average Bonchev–Trinajstić information content (AvgIpc) is 1.82. The predicted molar refractivity (Wildman–Crippen MR) is 51.6 cm³/mol. The first-order chi connectivity index (χ1) is 5.81. The number of hydrogen-bond acceptors (Lipinski definition) is 4. The molecule has 0 radical (unpaired) electrons. The molecular formula is C9H18N2O2. The second-order valence-electron chi connectivity index (χ2n) is 4.78. The van der Waals surface area contributed by atoms with Crippen LogP contribution >= 0.6 is 0 Å². The summed E-state index contributed by atoms with van der Waals surface area (Å²) in [6, 6.07) is 0. The third kappa shape index (κ3) is 4.12.